The van der Waals surface area contributed by atoms with Gasteiger partial charge < -0.3 is 9.84 Å². The fourth-order valence-corrected chi connectivity index (χ4v) is 5.02. The van der Waals surface area contributed by atoms with E-state index in [1.165, 1.54) is 30.3 Å². The van der Waals surface area contributed by atoms with Gasteiger partial charge in [0.1, 0.15) is 16.5 Å². The van der Waals surface area contributed by atoms with Crippen molar-refractivity contribution in [3.05, 3.63) is 123 Å². The van der Waals surface area contributed by atoms with Crippen molar-refractivity contribution < 1.29 is 36.2 Å². The maximum atomic E-state index is 13.1. The Kier molecular flexibility index (Phi) is 9.81. The van der Waals surface area contributed by atoms with E-state index in [0.29, 0.717) is 22.4 Å². The summed E-state index contributed by atoms with van der Waals surface area (Å²) >= 11 is 12.0. The minimum Gasteiger partial charge on any atom is -0.456 e. The molecule has 0 saturated heterocycles. The fraction of sp³-hybridized carbons (Fsp3) is 0.172. The first-order valence-electron chi connectivity index (χ1n) is 12.0. The normalized spacial score (nSPS) is 13.6. The van der Waals surface area contributed by atoms with Gasteiger partial charge in [-0.05, 0) is 77.0 Å². The van der Waals surface area contributed by atoms with E-state index < -0.39 is 35.9 Å². The van der Waals surface area contributed by atoms with Crippen molar-refractivity contribution in [2.24, 2.45) is 0 Å². The third kappa shape index (κ3) is 8.33. The number of aliphatic hydroxyl groups is 1. The van der Waals surface area contributed by atoms with E-state index in [-0.39, 0.29) is 32.5 Å². The summed E-state index contributed by atoms with van der Waals surface area (Å²) in [6, 6.07) is 19.9. The van der Waals surface area contributed by atoms with Gasteiger partial charge in [-0.15, -0.1) is 0 Å². The topological polar surface area (TPSA) is 41.5 Å². The van der Waals surface area contributed by atoms with Crippen molar-refractivity contribution in [3.8, 4) is 11.5 Å². The standard InChI is InChI=1S/C29H21Cl2F6NO2S/c30-23-8-3-9-25(26(23)31)40-21-6-1-4-18(14-21)27(19-5-2-7-22(15-19)41-29(35,36)37)38-24(16-39)17-10-12-20(13-11-17)28(32,33)34/h1-15,24,27,38-39H,16H2. The van der Waals surface area contributed by atoms with Crippen molar-refractivity contribution in [3.63, 3.8) is 0 Å². The average Bonchev–Trinajstić information content (AvgIpc) is 2.91. The molecule has 3 nitrogen and oxygen atoms in total. The van der Waals surface area contributed by atoms with E-state index in [0.717, 1.165) is 12.1 Å². The summed E-state index contributed by atoms with van der Waals surface area (Å²) in [5.74, 6) is 0.622. The zero-order chi connectivity index (χ0) is 29.8. The van der Waals surface area contributed by atoms with Crippen LogP contribution >= 0.6 is 35.0 Å². The Bertz CT molecular complexity index is 1480. The van der Waals surface area contributed by atoms with Gasteiger partial charge in [-0.3, -0.25) is 5.32 Å². The smallest absolute Gasteiger partial charge is 0.446 e. The zero-order valence-corrected chi connectivity index (χ0v) is 23.1. The first-order chi connectivity index (χ1) is 19.3. The number of hydrogen-bond donors (Lipinski definition) is 2. The lowest BCUT2D eigenvalue weighted by Crippen LogP contribution is -2.30. The van der Waals surface area contributed by atoms with Gasteiger partial charge in [0.15, 0.2) is 0 Å². The quantitative estimate of drug-likeness (QED) is 0.142. The molecule has 0 bridgehead atoms. The van der Waals surface area contributed by atoms with Crippen LogP contribution in [0, 0.1) is 0 Å². The summed E-state index contributed by atoms with van der Waals surface area (Å²) in [7, 11) is 0. The van der Waals surface area contributed by atoms with E-state index in [1.54, 1.807) is 48.5 Å². The lowest BCUT2D eigenvalue weighted by molar-refractivity contribution is -0.137. The molecule has 12 heteroatoms. The number of thioether (sulfide) groups is 1. The van der Waals surface area contributed by atoms with Crippen LogP contribution in [0.2, 0.25) is 10.0 Å². The van der Waals surface area contributed by atoms with E-state index in [2.05, 4.69) is 5.32 Å². The summed E-state index contributed by atoms with van der Waals surface area (Å²) in [4.78, 5) is -0.0602. The van der Waals surface area contributed by atoms with E-state index >= 15 is 0 Å². The van der Waals surface area contributed by atoms with Gasteiger partial charge in [-0.2, -0.15) is 26.3 Å². The maximum absolute atomic E-state index is 13.1. The monoisotopic (exact) mass is 631 g/mol. The molecule has 0 aliphatic heterocycles. The molecule has 4 aromatic rings. The molecular formula is C29H21Cl2F6NO2S. The molecule has 2 N–H and O–H groups in total. The minimum absolute atomic E-state index is 0.0602. The molecule has 0 aliphatic rings. The first kappa shape index (κ1) is 31.1. The molecule has 2 atom stereocenters. The van der Waals surface area contributed by atoms with Crippen LogP contribution in [0.5, 0.6) is 11.5 Å². The largest absolute Gasteiger partial charge is 0.456 e. The highest BCUT2D eigenvalue weighted by Crippen LogP contribution is 2.40. The molecule has 0 heterocycles. The van der Waals surface area contributed by atoms with Crippen molar-refractivity contribution >= 4 is 35.0 Å². The Morgan fingerprint density at radius 2 is 1.41 bits per heavy atom. The molecule has 4 aromatic carbocycles. The van der Waals surface area contributed by atoms with Crippen molar-refractivity contribution in [2.75, 3.05) is 6.61 Å². The first-order valence-corrected chi connectivity index (χ1v) is 13.5. The molecular weight excluding hydrogens is 611 g/mol. The van der Waals surface area contributed by atoms with Gasteiger partial charge in [0.25, 0.3) is 0 Å². The number of nitrogens with one attached hydrogen (secondary N) is 1. The van der Waals surface area contributed by atoms with Crippen LogP contribution in [-0.4, -0.2) is 17.2 Å². The Labute approximate surface area is 246 Å². The molecule has 216 valence electrons. The van der Waals surface area contributed by atoms with E-state index in [1.807, 2.05) is 0 Å². The zero-order valence-electron chi connectivity index (χ0n) is 20.8. The summed E-state index contributed by atoms with van der Waals surface area (Å²) in [5, 5.41) is 13.8. The van der Waals surface area contributed by atoms with Gasteiger partial charge in [0.05, 0.1) is 29.3 Å². The van der Waals surface area contributed by atoms with E-state index in [9.17, 15) is 31.4 Å². The average molecular weight is 632 g/mol. The lowest BCUT2D eigenvalue weighted by atomic mass is 9.96. The molecule has 0 aromatic heterocycles. The predicted molar refractivity (Wildman–Crippen MR) is 148 cm³/mol. The van der Waals surface area contributed by atoms with Crippen LogP contribution in [0.15, 0.2) is 95.9 Å². The number of hydrogen-bond acceptors (Lipinski definition) is 4. The number of rotatable bonds is 9. The van der Waals surface area contributed by atoms with Crippen LogP contribution < -0.4 is 10.1 Å². The van der Waals surface area contributed by atoms with Crippen LogP contribution in [0.1, 0.15) is 34.3 Å². The molecule has 41 heavy (non-hydrogen) atoms. The number of ether oxygens (including phenoxy) is 1. The lowest BCUT2D eigenvalue weighted by Gasteiger charge is -2.27. The second-order valence-electron chi connectivity index (χ2n) is 8.80. The predicted octanol–water partition coefficient (Wildman–Crippen LogP) is 9.83. The third-order valence-electron chi connectivity index (χ3n) is 5.95. The highest BCUT2D eigenvalue weighted by Gasteiger charge is 2.31. The number of alkyl halides is 6. The fourth-order valence-electron chi connectivity index (χ4n) is 4.08. The van der Waals surface area contributed by atoms with Gasteiger partial charge in [0.2, 0.25) is 0 Å². The van der Waals surface area contributed by atoms with Crippen molar-refractivity contribution in [2.45, 2.75) is 28.7 Å². The van der Waals surface area contributed by atoms with Crippen molar-refractivity contribution in [1.82, 2.24) is 5.32 Å². The Morgan fingerprint density at radius 1 is 0.780 bits per heavy atom. The molecule has 0 saturated carbocycles. The number of benzene rings is 4. The molecule has 4 rings (SSSR count). The van der Waals surface area contributed by atoms with Crippen LogP contribution in [-0.2, 0) is 6.18 Å². The Morgan fingerprint density at radius 3 is 2.05 bits per heavy atom. The summed E-state index contributed by atoms with van der Waals surface area (Å²) in [6.07, 6.45) is -4.54. The number of halogens is 8. The van der Waals surface area contributed by atoms with Crippen molar-refractivity contribution in [1.29, 1.82) is 0 Å². The molecule has 0 amide bonds. The summed E-state index contributed by atoms with van der Waals surface area (Å²) in [6.45, 7) is -0.507. The molecule has 0 fully saturated rings. The maximum Gasteiger partial charge on any atom is 0.446 e. The second kappa shape index (κ2) is 13.0. The molecule has 0 aliphatic carbocycles. The van der Waals surface area contributed by atoms with Crippen LogP contribution in [0.25, 0.3) is 0 Å². The highest BCUT2D eigenvalue weighted by molar-refractivity contribution is 8.00. The van der Waals surface area contributed by atoms with Crippen LogP contribution in [0.3, 0.4) is 0 Å². The van der Waals surface area contributed by atoms with Gasteiger partial charge >= 0.3 is 11.7 Å². The summed E-state index contributed by atoms with van der Waals surface area (Å²) < 4.78 is 84.5. The Balaban J connectivity index is 1.72. The van der Waals surface area contributed by atoms with E-state index in [4.69, 9.17) is 27.9 Å². The van der Waals surface area contributed by atoms with Gasteiger partial charge in [-0.25, -0.2) is 0 Å². The third-order valence-corrected chi connectivity index (χ3v) is 7.47. The van der Waals surface area contributed by atoms with Gasteiger partial charge in [-0.1, -0.05) is 65.7 Å². The number of aliphatic hydroxyl groups excluding tert-OH is 1. The SMILES string of the molecule is OCC(NC(c1cccc(Oc2cccc(Cl)c2Cl)c1)c1cccc(SC(F)(F)F)c1)c1ccc(C(F)(F)F)cc1. The minimum atomic E-state index is -4.54. The Hall–Kier alpha value is -2.89. The van der Waals surface area contributed by atoms with Crippen LogP contribution in [0.4, 0.5) is 26.3 Å². The summed E-state index contributed by atoms with van der Waals surface area (Å²) in [5.41, 5.74) is -4.05. The highest BCUT2D eigenvalue weighted by atomic mass is 35.5. The molecule has 2 unspecified atom stereocenters. The second-order valence-corrected chi connectivity index (χ2v) is 10.7. The molecule has 0 radical (unpaired) electrons. The molecule has 0 spiro atoms. The van der Waals surface area contributed by atoms with Gasteiger partial charge in [0, 0.05) is 4.90 Å².